The molecule has 0 aliphatic carbocycles. The van der Waals surface area contributed by atoms with E-state index in [-0.39, 0.29) is 6.42 Å². The van der Waals surface area contributed by atoms with Crippen molar-refractivity contribution in [2.75, 3.05) is 6.61 Å². The van der Waals surface area contributed by atoms with Gasteiger partial charge in [-0.05, 0) is 93.5 Å². The highest BCUT2D eigenvalue weighted by Gasteiger charge is 2.26. The Labute approximate surface area is 266 Å². The summed E-state index contributed by atoms with van der Waals surface area (Å²) in [6.07, 6.45) is 3.04. The lowest BCUT2D eigenvalue weighted by molar-refractivity contribution is -0.136. The zero-order chi connectivity index (χ0) is 32.3. The Morgan fingerprint density at radius 3 is 2.56 bits per heavy atom. The Hall–Kier alpha value is -4.34. The lowest BCUT2D eigenvalue weighted by atomic mass is 9.87. The number of aryl methyl sites for hydroxylation is 1. The molecule has 234 valence electrons. The lowest BCUT2D eigenvalue weighted by Gasteiger charge is -2.23. The number of pyridine rings is 1. The largest absolute Gasteiger partial charge is 0.490 e. The number of aromatic nitrogens is 2. The Morgan fingerprint density at radius 1 is 1.11 bits per heavy atom. The predicted octanol–water partition coefficient (Wildman–Crippen LogP) is 8.09. The van der Waals surface area contributed by atoms with Crippen LogP contribution in [0.3, 0.4) is 0 Å². The van der Waals surface area contributed by atoms with Gasteiger partial charge in [-0.15, -0.1) is 11.3 Å². The molecule has 0 bridgehead atoms. The molecular formula is C36H37FN2O5S. The fourth-order valence-electron chi connectivity index (χ4n) is 5.29. The molecule has 6 rings (SSSR count). The van der Waals surface area contributed by atoms with E-state index in [0.717, 1.165) is 55.0 Å². The van der Waals surface area contributed by atoms with E-state index >= 15 is 4.39 Å². The summed E-state index contributed by atoms with van der Waals surface area (Å²) in [4.78, 5) is 21.2. The molecule has 0 saturated carbocycles. The molecule has 2 aromatic heterocycles. The van der Waals surface area contributed by atoms with Crippen molar-refractivity contribution in [1.82, 2.24) is 9.97 Å². The van der Waals surface area contributed by atoms with Gasteiger partial charge >= 0.3 is 5.97 Å². The number of hydrogen-bond acceptors (Lipinski definition) is 7. The molecular weight excluding hydrogens is 591 g/mol. The minimum Gasteiger partial charge on any atom is -0.490 e. The van der Waals surface area contributed by atoms with Crippen LogP contribution in [0.25, 0.3) is 31.9 Å². The van der Waals surface area contributed by atoms with Gasteiger partial charge in [0.05, 0.1) is 28.8 Å². The highest BCUT2D eigenvalue weighted by atomic mass is 32.1. The van der Waals surface area contributed by atoms with Gasteiger partial charge in [-0.3, -0.25) is 4.79 Å². The van der Waals surface area contributed by atoms with Crippen LogP contribution in [0.4, 0.5) is 4.39 Å². The van der Waals surface area contributed by atoms with Crippen LogP contribution in [0.1, 0.15) is 55.0 Å². The van der Waals surface area contributed by atoms with E-state index in [9.17, 15) is 9.90 Å². The van der Waals surface area contributed by atoms with Gasteiger partial charge < -0.3 is 19.7 Å². The number of thiazole rings is 1. The number of fused-ring (bicyclic) bond motifs is 2. The second-order valence-corrected chi connectivity index (χ2v) is 13.1. The van der Waals surface area contributed by atoms with E-state index in [1.807, 2.05) is 62.4 Å². The van der Waals surface area contributed by atoms with Crippen LogP contribution in [0, 0.1) is 19.7 Å². The Balaban J connectivity index is 0.000000743. The van der Waals surface area contributed by atoms with Crippen LogP contribution in [0.15, 0.2) is 60.8 Å². The van der Waals surface area contributed by atoms with Gasteiger partial charge in [-0.2, -0.15) is 0 Å². The number of nitrogens with zero attached hydrogens (tertiary/aromatic N) is 2. The molecule has 5 aromatic rings. The number of carbonyl (C=O) groups is 1. The van der Waals surface area contributed by atoms with Gasteiger partial charge in [0.1, 0.15) is 11.6 Å². The van der Waals surface area contributed by atoms with Crippen LogP contribution in [-0.2, 0) is 24.2 Å². The fraction of sp³-hybridized carbons (Fsp3) is 0.306. The number of aliphatic hydroxyl groups is 1. The molecule has 3 aromatic carbocycles. The standard InChI is InChI=1S/C32H27FN2O4S.C4H10O/c1-18-13-26-31(40-32(35-26)21-10-11-34-27(14-21)39-17-20-7-4-3-5-8-20)29(23(18)16-28(36)37)24-15-25(33)30-22(19(24)2)9-6-12-38-30;1-4(2,3)5/h3-5,7-8,10-11,13-15H,6,9,12,16-17H2,1-2H3,(H,36,37);5H,1-3H3. The molecule has 2 N–H and O–H groups in total. The Morgan fingerprint density at radius 2 is 1.84 bits per heavy atom. The number of carboxylic acids is 1. The van der Waals surface area contributed by atoms with E-state index in [1.165, 1.54) is 17.4 Å². The van der Waals surface area contributed by atoms with E-state index in [0.29, 0.717) is 42.4 Å². The van der Waals surface area contributed by atoms with Crippen LogP contribution >= 0.6 is 11.3 Å². The molecule has 0 atom stereocenters. The summed E-state index contributed by atoms with van der Waals surface area (Å²) in [5.74, 6) is -0.579. The van der Waals surface area contributed by atoms with E-state index in [2.05, 4.69) is 4.98 Å². The smallest absolute Gasteiger partial charge is 0.307 e. The minimum atomic E-state index is -0.942. The Kier molecular flexibility index (Phi) is 9.51. The number of hydrogen-bond donors (Lipinski definition) is 2. The molecule has 0 fully saturated rings. The van der Waals surface area contributed by atoms with Crippen molar-refractivity contribution in [3.63, 3.8) is 0 Å². The molecule has 1 aliphatic heterocycles. The maximum absolute atomic E-state index is 15.3. The van der Waals surface area contributed by atoms with Gasteiger partial charge in [-0.1, -0.05) is 30.3 Å². The normalized spacial score (nSPS) is 12.6. The summed E-state index contributed by atoms with van der Waals surface area (Å²) < 4.78 is 27.7. The van der Waals surface area contributed by atoms with Gasteiger partial charge in [-0.25, -0.2) is 14.4 Å². The van der Waals surface area contributed by atoms with E-state index in [4.69, 9.17) is 19.6 Å². The average molecular weight is 629 g/mol. The molecule has 0 spiro atoms. The number of aliphatic carboxylic acids is 1. The quantitative estimate of drug-likeness (QED) is 0.188. The third-order valence-corrected chi connectivity index (χ3v) is 8.39. The molecule has 0 amide bonds. The first-order valence-electron chi connectivity index (χ1n) is 14.8. The van der Waals surface area contributed by atoms with Crippen molar-refractivity contribution < 1.29 is 28.9 Å². The van der Waals surface area contributed by atoms with Crippen LogP contribution < -0.4 is 9.47 Å². The van der Waals surface area contributed by atoms with Crippen LogP contribution in [-0.4, -0.2) is 38.4 Å². The average Bonchev–Trinajstić information content (AvgIpc) is 3.42. The van der Waals surface area contributed by atoms with Crippen molar-refractivity contribution in [2.24, 2.45) is 0 Å². The van der Waals surface area contributed by atoms with Gasteiger partial charge in [0.2, 0.25) is 5.88 Å². The highest BCUT2D eigenvalue weighted by molar-refractivity contribution is 7.22. The van der Waals surface area contributed by atoms with Crippen LogP contribution in [0.2, 0.25) is 0 Å². The number of benzene rings is 3. The number of rotatable bonds is 7. The van der Waals surface area contributed by atoms with Crippen molar-refractivity contribution in [3.8, 4) is 33.3 Å². The number of carboxylic acid groups (broad SMARTS) is 1. The summed E-state index contributed by atoms with van der Waals surface area (Å²) in [6.45, 7) is 9.96. The molecule has 0 saturated heterocycles. The summed E-state index contributed by atoms with van der Waals surface area (Å²) in [5.41, 5.74) is 6.74. The van der Waals surface area contributed by atoms with Gasteiger partial charge in [0, 0.05) is 29.0 Å². The first-order valence-corrected chi connectivity index (χ1v) is 15.7. The summed E-state index contributed by atoms with van der Waals surface area (Å²) in [6, 6.07) is 17.0. The monoisotopic (exact) mass is 628 g/mol. The molecule has 9 heteroatoms. The summed E-state index contributed by atoms with van der Waals surface area (Å²) >= 11 is 1.46. The predicted molar refractivity (Wildman–Crippen MR) is 176 cm³/mol. The summed E-state index contributed by atoms with van der Waals surface area (Å²) in [5, 5.41) is 19.0. The molecule has 45 heavy (non-hydrogen) atoms. The number of halogens is 1. The van der Waals surface area contributed by atoms with Gasteiger partial charge in [0.25, 0.3) is 0 Å². The topological polar surface area (TPSA) is 102 Å². The molecule has 3 heterocycles. The zero-order valence-corrected chi connectivity index (χ0v) is 26.9. The van der Waals surface area contributed by atoms with E-state index < -0.39 is 17.4 Å². The first-order chi connectivity index (χ1) is 21.4. The maximum Gasteiger partial charge on any atom is 0.307 e. The lowest BCUT2D eigenvalue weighted by Crippen LogP contribution is -2.13. The molecule has 1 aliphatic rings. The minimum absolute atomic E-state index is 0.175. The second kappa shape index (κ2) is 13.3. The van der Waals surface area contributed by atoms with Crippen molar-refractivity contribution >= 4 is 27.5 Å². The van der Waals surface area contributed by atoms with Gasteiger partial charge in [0.15, 0.2) is 11.6 Å². The van der Waals surface area contributed by atoms with E-state index in [1.54, 1.807) is 27.0 Å². The highest BCUT2D eigenvalue weighted by Crippen LogP contribution is 2.45. The molecule has 7 nitrogen and oxygen atoms in total. The number of ether oxygens (including phenoxy) is 2. The molecule has 0 unspecified atom stereocenters. The zero-order valence-electron chi connectivity index (χ0n) is 26.1. The second-order valence-electron chi connectivity index (χ2n) is 12.1. The first kappa shape index (κ1) is 32.1. The third-order valence-electron chi connectivity index (χ3n) is 7.26. The molecule has 0 radical (unpaired) electrons. The van der Waals surface area contributed by atoms with Crippen LogP contribution in [0.5, 0.6) is 11.6 Å². The third kappa shape index (κ3) is 7.67. The van der Waals surface area contributed by atoms with Crippen molar-refractivity contribution in [2.45, 2.75) is 66.1 Å². The maximum atomic E-state index is 15.3. The SMILES string of the molecule is CC(C)(C)O.Cc1cc2nc(-c3ccnc(OCc4ccccc4)c3)sc2c(-c2cc(F)c3c(c2C)CCCO3)c1CC(=O)O. The summed E-state index contributed by atoms with van der Waals surface area (Å²) in [7, 11) is 0. The van der Waals surface area contributed by atoms with Crippen molar-refractivity contribution in [1.29, 1.82) is 0 Å². The van der Waals surface area contributed by atoms with Crippen molar-refractivity contribution in [3.05, 3.63) is 94.4 Å². The fourth-order valence-corrected chi connectivity index (χ4v) is 6.42. The Bertz CT molecular complexity index is 1840.